The number of amides is 1. The number of aromatic nitrogens is 2. The van der Waals surface area contributed by atoms with Gasteiger partial charge in [-0.1, -0.05) is 11.8 Å². The molecule has 3 rings (SSSR count). The molecular formula is C13H12F3N5O6S2. The number of nitrogens with two attached hydrogens (primary N) is 2. The molecule has 11 nitrogen and oxygen atoms in total. The molecule has 0 aromatic carbocycles. The Morgan fingerprint density at radius 1 is 1.34 bits per heavy atom. The van der Waals surface area contributed by atoms with E-state index >= 15 is 0 Å². The number of nitrogens with one attached hydrogen (secondary N) is 1. The number of carbonyl (C=O) groups excluding carboxylic acids is 1. The summed E-state index contributed by atoms with van der Waals surface area (Å²) in [4.78, 5) is 51.4. The van der Waals surface area contributed by atoms with E-state index in [0.717, 1.165) is 11.8 Å². The average molecular weight is 455 g/mol. The van der Waals surface area contributed by atoms with Crippen LogP contribution in [0.3, 0.4) is 0 Å². The minimum absolute atomic E-state index is 0.0594. The van der Waals surface area contributed by atoms with Crippen LogP contribution in [0.2, 0.25) is 0 Å². The molecule has 0 spiro atoms. The maximum atomic E-state index is 11.8. The number of H-pyrrole nitrogens is 1. The predicted octanol–water partition coefficient (Wildman–Crippen LogP) is -0.384. The van der Waals surface area contributed by atoms with Gasteiger partial charge in [-0.15, -0.1) is 11.8 Å². The third-order valence-electron chi connectivity index (χ3n) is 3.38. The van der Waals surface area contributed by atoms with Crippen molar-refractivity contribution in [2.45, 2.75) is 22.6 Å². The Kier molecular flexibility index (Phi) is 6.49. The lowest BCUT2D eigenvalue weighted by Gasteiger charge is -2.47. The normalized spacial score (nSPS) is 21.0. The molecule has 29 heavy (non-hydrogen) atoms. The standard InChI is InChI=1S/C11H11N5O4S2.C2HF3O2/c12-6-8(18)16-7(10(19)20)3(2-21-9(6)16)22-5-1-4(17)14-11(13)15-5;3-2(4,5)1(6)7/h1,6,9H,2,12H2,(H,19,20)(H3,13,14,15,17);(H,6,7)/t6-,9-;/m1./s1. The van der Waals surface area contributed by atoms with Gasteiger partial charge in [-0.2, -0.15) is 13.2 Å². The average Bonchev–Trinajstić information content (AvgIpc) is 2.59. The first-order chi connectivity index (χ1) is 13.3. The number of aliphatic carboxylic acids is 2. The van der Waals surface area contributed by atoms with Crippen molar-refractivity contribution in [3.63, 3.8) is 0 Å². The van der Waals surface area contributed by atoms with E-state index in [-0.39, 0.29) is 22.0 Å². The number of hydrogen-bond acceptors (Lipinski definition) is 9. The number of thioether (sulfide) groups is 2. The molecule has 158 valence electrons. The van der Waals surface area contributed by atoms with Gasteiger partial charge in [0.1, 0.15) is 22.1 Å². The maximum absolute atomic E-state index is 11.8. The minimum atomic E-state index is -5.08. The summed E-state index contributed by atoms with van der Waals surface area (Å²) in [5, 5.41) is 16.4. The van der Waals surface area contributed by atoms with Gasteiger partial charge in [0, 0.05) is 16.7 Å². The molecule has 1 amide bonds. The molecule has 2 atom stereocenters. The number of halogens is 3. The van der Waals surface area contributed by atoms with Gasteiger partial charge in [0.2, 0.25) is 11.9 Å². The van der Waals surface area contributed by atoms with Crippen molar-refractivity contribution in [2.24, 2.45) is 5.73 Å². The number of anilines is 1. The van der Waals surface area contributed by atoms with Crippen LogP contribution in [0.25, 0.3) is 0 Å². The number of nitrogens with zero attached hydrogens (tertiary/aromatic N) is 2. The van der Waals surface area contributed by atoms with E-state index < -0.39 is 35.6 Å². The van der Waals surface area contributed by atoms with E-state index in [2.05, 4.69) is 9.97 Å². The highest BCUT2D eigenvalue weighted by atomic mass is 32.2. The fraction of sp³-hybridized carbons (Fsp3) is 0.308. The molecule has 0 aliphatic carbocycles. The van der Waals surface area contributed by atoms with Gasteiger partial charge in [-0.3, -0.25) is 19.5 Å². The Labute approximate surface area is 167 Å². The van der Waals surface area contributed by atoms with E-state index in [0.29, 0.717) is 10.7 Å². The number of carboxylic acids is 2. The van der Waals surface area contributed by atoms with Crippen LogP contribution >= 0.6 is 23.5 Å². The molecule has 1 aromatic rings. The molecule has 2 aliphatic rings. The molecule has 0 bridgehead atoms. The molecular weight excluding hydrogens is 443 g/mol. The number of nitrogen functional groups attached to an aromatic ring is 1. The molecule has 16 heteroatoms. The molecule has 1 saturated heterocycles. The number of β-lactam (4-membered cyclic amide) rings is 1. The SMILES string of the molecule is Nc1nc(SC2=C(C(=O)O)N3C(=O)[C@@H](N)[C@H]3SC2)cc(=O)[nH]1.O=C(O)C(F)(F)F. The molecule has 0 unspecified atom stereocenters. The minimum Gasteiger partial charge on any atom is -0.477 e. The van der Waals surface area contributed by atoms with Crippen LogP contribution in [0.4, 0.5) is 19.1 Å². The summed E-state index contributed by atoms with van der Waals surface area (Å²) in [5.41, 5.74) is 10.6. The number of carboxylic acid groups (broad SMARTS) is 2. The first-order valence-electron chi connectivity index (χ1n) is 7.34. The topological polar surface area (TPSA) is 193 Å². The fourth-order valence-corrected chi connectivity index (χ4v) is 4.62. The van der Waals surface area contributed by atoms with Crippen molar-refractivity contribution in [3.8, 4) is 0 Å². The molecule has 1 fully saturated rings. The van der Waals surface area contributed by atoms with E-state index in [1.165, 1.54) is 22.7 Å². The van der Waals surface area contributed by atoms with E-state index in [9.17, 15) is 32.7 Å². The first-order valence-corrected chi connectivity index (χ1v) is 9.21. The Bertz CT molecular complexity index is 950. The summed E-state index contributed by atoms with van der Waals surface area (Å²) >= 11 is 2.38. The summed E-state index contributed by atoms with van der Waals surface area (Å²) in [5.74, 6) is -4.09. The van der Waals surface area contributed by atoms with Gasteiger partial charge in [0.25, 0.3) is 5.56 Å². The van der Waals surface area contributed by atoms with Crippen molar-refractivity contribution >= 4 is 47.3 Å². The van der Waals surface area contributed by atoms with Crippen molar-refractivity contribution in [2.75, 3.05) is 11.5 Å². The number of rotatable bonds is 3. The van der Waals surface area contributed by atoms with E-state index in [4.69, 9.17) is 21.4 Å². The van der Waals surface area contributed by atoms with E-state index in [1.54, 1.807) is 0 Å². The van der Waals surface area contributed by atoms with E-state index in [1.807, 2.05) is 0 Å². The van der Waals surface area contributed by atoms with Crippen molar-refractivity contribution in [1.29, 1.82) is 0 Å². The monoisotopic (exact) mass is 455 g/mol. The van der Waals surface area contributed by atoms with Crippen molar-refractivity contribution < 1.29 is 37.8 Å². The quantitative estimate of drug-likeness (QED) is 0.294. The molecule has 7 N–H and O–H groups in total. The van der Waals surface area contributed by atoms with Crippen LogP contribution in [0, 0.1) is 0 Å². The number of fused-ring (bicyclic) bond motifs is 1. The zero-order valence-electron chi connectivity index (χ0n) is 14.0. The molecule has 2 aliphatic heterocycles. The summed E-state index contributed by atoms with van der Waals surface area (Å²) in [6, 6.07) is 0.535. The second-order valence-electron chi connectivity index (χ2n) is 5.39. The number of aromatic amines is 1. The second kappa shape index (κ2) is 8.34. The van der Waals surface area contributed by atoms with Crippen LogP contribution in [0.5, 0.6) is 0 Å². The van der Waals surface area contributed by atoms with Gasteiger partial charge >= 0.3 is 18.1 Å². The lowest BCUT2D eigenvalue weighted by molar-refractivity contribution is -0.192. The van der Waals surface area contributed by atoms with Crippen molar-refractivity contribution in [3.05, 3.63) is 27.0 Å². The Morgan fingerprint density at radius 2 is 1.93 bits per heavy atom. The highest BCUT2D eigenvalue weighted by Crippen LogP contribution is 2.44. The second-order valence-corrected chi connectivity index (χ2v) is 7.61. The number of hydrogen-bond donors (Lipinski definition) is 5. The highest BCUT2D eigenvalue weighted by molar-refractivity contribution is 8.06. The molecule has 0 saturated carbocycles. The highest BCUT2D eigenvalue weighted by Gasteiger charge is 2.52. The number of alkyl halides is 3. The molecule has 3 heterocycles. The molecule has 0 radical (unpaired) electrons. The van der Waals surface area contributed by atoms with Crippen LogP contribution in [0.1, 0.15) is 0 Å². The lowest BCUT2D eigenvalue weighted by atomic mass is 10.1. The van der Waals surface area contributed by atoms with Gasteiger partial charge in [-0.05, 0) is 0 Å². The van der Waals surface area contributed by atoms with Crippen LogP contribution in [-0.2, 0) is 14.4 Å². The Morgan fingerprint density at radius 3 is 2.41 bits per heavy atom. The largest absolute Gasteiger partial charge is 0.490 e. The first kappa shape index (κ1) is 22.6. The Balaban J connectivity index is 0.000000370. The summed E-state index contributed by atoms with van der Waals surface area (Å²) in [6.07, 6.45) is -5.08. The fourth-order valence-electron chi connectivity index (χ4n) is 2.20. The maximum Gasteiger partial charge on any atom is 0.490 e. The van der Waals surface area contributed by atoms with Crippen LogP contribution in [-0.4, -0.2) is 66.3 Å². The summed E-state index contributed by atoms with van der Waals surface area (Å²) < 4.78 is 31.7. The zero-order chi connectivity index (χ0) is 22.1. The van der Waals surface area contributed by atoms with Gasteiger partial charge < -0.3 is 21.7 Å². The number of carbonyl (C=O) groups is 3. The van der Waals surface area contributed by atoms with Gasteiger partial charge in [-0.25, -0.2) is 14.6 Å². The van der Waals surface area contributed by atoms with Gasteiger partial charge in [0.05, 0.1) is 0 Å². The zero-order valence-corrected chi connectivity index (χ0v) is 15.6. The lowest BCUT2D eigenvalue weighted by Crippen LogP contribution is -2.68. The summed E-state index contributed by atoms with van der Waals surface area (Å²) in [7, 11) is 0. The van der Waals surface area contributed by atoms with Gasteiger partial charge in [0.15, 0.2) is 0 Å². The third kappa shape index (κ3) is 5.01. The van der Waals surface area contributed by atoms with Crippen molar-refractivity contribution in [1.82, 2.24) is 14.9 Å². The van der Waals surface area contributed by atoms with Crippen LogP contribution in [0.15, 0.2) is 26.5 Å². The smallest absolute Gasteiger partial charge is 0.477 e. The Hall–Kier alpha value is -2.72. The summed E-state index contributed by atoms with van der Waals surface area (Å²) in [6.45, 7) is 0. The third-order valence-corrected chi connectivity index (χ3v) is 5.87. The molecule has 1 aromatic heterocycles. The predicted molar refractivity (Wildman–Crippen MR) is 94.5 cm³/mol. The van der Waals surface area contributed by atoms with Crippen LogP contribution < -0.4 is 17.0 Å².